The Morgan fingerprint density at radius 3 is 0.898 bits per heavy atom. The van der Waals surface area contributed by atoms with E-state index in [4.69, 9.17) is 18.9 Å². The van der Waals surface area contributed by atoms with Gasteiger partial charge in [-0.1, -0.05) is 20.9 Å². The first-order valence-electron chi connectivity index (χ1n) is 15.3. The summed E-state index contributed by atoms with van der Waals surface area (Å²) in [7, 11) is 0. The second kappa shape index (κ2) is 18.0. The first-order valence-corrected chi connectivity index (χ1v) is 15.3. The van der Waals surface area contributed by atoms with Gasteiger partial charge >= 0.3 is 0 Å². The maximum absolute atomic E-state index is 11.5. The maximum Gasteiger partial charge on any atom is 0.151 e. The molecule has 264 valence electrons. The minimum Gasteiger partial charge on any atom is -0.374 e. The molecule has 4 rings (SSSR count). The summed E-state index contributed by atoms with van der Waals surface area (Å²) in [4.78, 5) is 45.9. The van der Waals surface area contributed by atoms with Gasteiger partial charge in [-0.2, -0.15) is 0 Å². The number of hydrogen-bond donors (Lipinski definition) is 0. The number of hydrogen-bond acceptors (Lipinski definition) is 16. The highest BCUT2D eigenvalue weighted by Gasteiger charge is 2.33. The smallest absolute Gasteiger partial charge is 0.151 e. The second-order valence-corrected chi connectivity index (χ2v) is 11.9. The fourth-order valence-electron chi connectivity index (χ4n) is 4.58. The Morgan fingerprint density at radius 1 is 0.469 bits per heavy atom. The number of nitrogens with zero attached hydrogens (tertiary/aromatic N) is 12. The molecule has 0 aliphatic heterocycles. The van der Waals surface area contributed by atoms with Gasteiger partial charge in [-0.05, 0) is 27.7 Å². The Hall–Kier alpha value is -4.92. The third-order valence-corrected chi connectivity index (χ3v) is 6.52. The summed E-state index contributed by atoms with van der Waals surface area (Å²) in [6.07, 6.45) is 6.52. The predicted molar refractivity (Wildman–Crippen MR) is 164 cm³/mol. The number of carbonyl (C=O) groups excluding carboxylic acids is 4. The van der Waals surface area contributed by atoms with Crippen molar-refractivity contribution >= 4 is 23.1 Å². The minimum absolute atomic E-state index is 0.0631. The number of carbonyl (C=O) groups is 4. The van der Waals surface area contributed by atoms with Gasteiger partial charge in [0.1, 0.15) is 49.0 Å². The fourth-order valence-corrected chi connectivity index (χ4v) is 4.58. The number of rotatable bonds is 24. The zero-order chi connectivity index (χ0) is 35.2. The van der Waals surface area contributed by atoms with Gasteiger partial charge in [-0.15, -0.1) is 20.4 Å². The Balaban J connectivity index is 1.48. The molecule has 0 spiro atoms. The van der Waals surface area contributed by atoms with Gasteiger partial charge in [0.2, 0.25) is 0 Å². The van der Waals surface area contributed by atoms with Crippen LogP contribution in [0.5, 0.6) is 0 Å². The SMILES string of the molecule is CC(=O)Cn1cc(COCC(COCc2cn(CC(C)=O)nn2)(COCc2cn(CC(C)=O)nn2)COCc2cn(CC(C)=O)nn2)nn1. The molecule has 49 heavy (non-hydrogen) atoms. The number of ketones is 4. The molecule has 0 atom stereocenters. The van der Waals surface area contributed by atoms with Crippen LogP contribution < -0.4 is 0 Å². The molecule has 0 unspecified atom stereocenters. The molecule has 0 aliphatic carbocycles. The molecular formula is C29H40N12O8. The van der Waals surface area contributed by atoms with Gasteiger partial charge in [0, 0.05) is 0 Å². The van der Waals surface area contributed by atoms with E-state index in [9.17, 15) is 19.2 Å². The van der Waals surface area contributed by atoms with Crippen molar-refractivity contribution in [3.8, 4) is 0 Å². The highest BCUT2D eigenvalue weighted by molar-refractivity contribution is 5.76. The van der Waals surface area contributed by atoms with Crippen LogP contribution in [0.1, 0.15) is 50.5 Å². The van der Waals surface area contributed by atoms with Crippen molar-refractivity contribution in [3.63, 3.8) is 0 Å². The lowest BCUT2D eigenvalue weighted by atomic mass is 9.92. The molecule has 0 N–H and O–H groups in total. The fraction of sp³-hybridized carbons (Fsp3) is 0.586. The first kappa shape index (κ1) is 36.9. The van der Waals surface area contributed by atoms with Crippen molar-refractivity contribution in [1.82, 2.24) is 60.0 Å². The van der Waals surface area contributed by atoms with Crippen LogP contribution in [0.25, 0.3) is 0 Å². The van der Waals surface area contributed by atoms with Gasteiger partial charge in [0.25, 0.3) is 0 Å². The van der Waals surface area contributed by atoms with Crippen LogP contribution in [0, 0.1) is 5.41 Å². The molecule has 0 aromatic carbocycles. The van der Waals surface area contributed by atoms with E-state index >= 15 is 0 Å². The minimum atomic E-state index is -0.907. The summed E-state index contributed by atoms with van der Waals surface area (Å²) < 4.78 is 30.2. The van der Waals surface area contributed by atoms with Gasteiger partial charge in [0.05, 0.1) is 83.1 Å². The lowest BCUT2D eigenvalue weighted by Gasteiger charge is -2.32. The molecule has 0 amide bonds. The zero-order valence-electron chi connectivity index (χ0n) is 27.9. The van der Waals surface area contributed by atoms with Crippen molar-refractivity contribution < 1.29 is 38.1 Å². The largest absolute Gasteiger partial charge is 0.374 e. The van der Waals surface area contributed by atoms with E-state index in [0.717, 1.165) is 0 Å². The Bertz CT molecular complexity index is 1450. The number of aromatic nitrogens is 12. The van der Waals surface area contributed by atoms with Crippen LogP contribution in [-0.4, -0.2) is 110 Å². The van der Waals surface area contributed by atoms with Gasteiger partial charge in [0.15, 0.2) is 23.1 Å². The summed E-state index contributed by atoms with van der Waals surface area (Å²) in [6.45, 7) is 6.88. The third kappa shape index (κ3) is 12.9. The average molecular weight is 685 g/mol. The quantitative estimate of drug-likeness (QED) is 0.0911. The van der Waals surface area contributed by atoms with Crippen molar-refractivity contribution in [1.29, 1.82) is 0 Å². The van der Waals surface area contributed by atoms with E-state index in [-0.39, 0.29) is 102 Å². The van der Waals surface area contributed by atoms with Crippen molar-refractivity contribution in [2.75, 3.05) is 26.4 Å². The average Bonchev–Trinajstić information content (AvgIpc) is 3.82. The molecule has 20 nitrogen and oxygen atoms in total. The number of ether oxygens (including phenoxy) is 4. The molecule has 4 aromatic rings. The van der Waals surface area contributed by atoms with E-state index in [1.807, 2.05) is 0 Å². The van der Waals surface area contributed by atoms with Crippen LogP contribution in [0.2, 0.25) is 0 Å². The van der Waals surface area contributed by atoms with Crippen LogP contribution in [-0.2, 0) is 90.7 Å². The molecule has 4 heterocycles. The van der Waals surface area contributed by atoms with Crippen LogP contribution >= 0.6 is 0 Å². The maximum atomic E-state index is 11.5. The molecule has 0 bridgehead atoms. The summed E-state index contributed by atoms with van der Waals surface area (Å²) >= 11 is 0. The van der Waals surface area contributed by atoms with Gasteiger partial charge in [-0.3, -0.25) is 19.2 Å². The first-order chi connectivity index (χ1) is 23.5. The molecule has 4 aromatic heterocycles. The van der Waals surface area contributed by atoms with E-state index in [1.54, 1.807) is 24.8 Å². The molecule has 20 heteroatoms. The predicted octanol–water partition coefficient (Wildman–Crippen LogP) is -0.438. The van der Waals surface area contributed by atoms with Gasteiger partial charge in [-0.25, -0.2) is 18.7 Å². The van der Waals surface area contributed by atoms with Crippen molar-refractivity contribution in [2.45, 2.75) is 80.3 Å². The summed E-state index contributed by atoms with van der Waals surface area (Å²) in [5.41, 5.74) is 1.16. The van der Waals surface area contributed by atoms with E-state index in [0.29, 0.717) is 22.8 Å². The molecular weight excluding hydrogens is 644 g/mol. The lowest BCUT2D eigenvalue weighted by Crippen LogP contribution is -2.41. The van der Waals surface area contributed by atoms with E-state index in [1.165, 1.54) is 46.4 Å². The third-order valence-electron chi connectivity index (χ3n) is 6.52. The molecule has 0 aliphatic rings. The standard InChI is InChI=1S/C29H40N12O8/c1-21(42)5-38-9-25(30-34-38)13-46-17-29(18-47-14-26-10-39(35-31-26)6-22(2)43,19-48-15-27-11-40(36-32-27)7-23(3)44)20-49-16-28-12-41(37-33-28)8-24(4)45/h9-12H,5-8,13-20H2,1-4H3. The summed E-state index contributed by atoms with van der Waals surface area (Å²) in [5, 5.41) is 32.2. The summed E-state index contributed by atoms with van der Waals surface area (Å²) in [5.74, 6) is -0.253. The zero-order valence-corrected chi connectivity index (χ0v) is 27.9. The van der Waals surface area contributed by atoms with Crippen LogP contribution in [0.15, 0.2) is 24.8 Å². The highest BCUT2D eigenvalue weighted by Crippen LogP contribution is 2.23. The van der Waals surface area contributed by atoms with E-state index in [2.05, 4.69) is 41.2 Å². The monoisotopic (exact) mass is 684 g/mol. The second-order valence-electron chi connectivity index (χ2n) is 11.9. The van der Waals surface area contributed by atoms with Crippen molar-refractivity contribution in [3.05, 3.63) is 47.6 Å². The lowest BCUT2D eigenvalue weighted by molar-refractivity contribution is -0.118. The van der Waals surface area contributed by atoms with E-state index < -0.39 is 5.41 Å². The Labute approximate surface area is 281 Å². The normalized spacial score (nSPS) is 11.7. The van der Waals surface area contributed by atoms with Crippen LogP contribution in [0.3, 0.4) is 0 Å². The topological polar surface area (TPSA) is 228 Å². The Kier molecular flexibility index (Phi) is 13.6. The van der Waals surface area contributed by atoms with Crippen molar-refractivity contribution in [2.24, 2.45) is 5.41 Å². The Morgan fingerprint density at radius 2 is 0.694 bits per heavy atom. The van der Waals surface area contributed by atoms with Crippen LogP contribution in [0.4, 0.5) is 0 Å². The number of Topliss-reactive ketones (excluding diaryl/α,β-unsaturated/α-hetero) is 4. The van der Waals surface area contributed by atoms with Gasteiger partial charge < -0.3 is 18.9 Å². The molecule has 0 radical (unpaired) electrons. The molecule has 0 saturated heterocycles. The highest BCUT2D eigenvalue weighted by atomic mass is 16.5. The molecule has 0 saturated carbocycles. The summed E-state index contributed by atoms with van der Waals surface area (Å²) in [6, 6.07) is 0. The molecule has 0 fully saturated rings.